The molecule has 0 aliphatic rings. The van der Waals surface area contributed by atoms with Crippen LogP contribution in [0, 0.1) is 13.8 Å². The number of fused-ring (bicyclic) bond motifs is 1. The van der Waals surface area contributed by atoms with Crippen LogP contribution in [0.5, 0.6) is 0 Å². The van der Waals surface area contributed by atoms with E-state index in [4.69, 9.17) is 9.40 Å². The normalized spacial score (nSPS) is 11.9. The zero-order valence-corrected chi connectivity index (χ0v) is 20.0. The number of benzene rings is 2. The third kappa shape index (κ3) is 4.08. The van der Waals surface area contributed by atoms with E-state index in [2.05, 4.69) is 0 Å². The third-order valence-corrected chi connectivity index (χ3v) is 8.67. The van der Waals surface area contributed by atoms with E-state index in [0.717, 1.165) is 21.3 Å². The fourth-order valence-electron chi connectivity index (χ4n) is 3.35. The van der Waals surface area contributed by atoms with Crippen molar-refractivity contribution >= 4 is 42.4 Å². The van der Waals surface area contributed by atoms with Crippen molar-refractivity contribution in [2.24, 2.45) is 0 Å². The number of amides is 1. The summed E-state index contributed by atoms with van der Waals surface area (Å²) in [5, 5.41) is -0.0465. The summed E-state index contributed by atoms with van der Waals surface area (Å²) in [6.07, 6.45) is 1.56. The van der Waals surface area contributed by atoms with E-state index in [0.29, 0.717) is 10.9 Å². The Balaban J connectivity index is 1.80. The van der Waals surface area contributed by atoms with Crippen LogP contribution in [0.2, 0.25) is 0 Å². The first-order valence-electron chi connectivity index (χ1n) is 10.2. The van der Waals surface area contributed by atoms with E-state index in [1.165, 1.54) is 23.5 Å². The number of hydrogen-bond donors (Lipinski definition) is 0. The van der Waals surface area contributed by atoms with Crippen molar-refractivity contribution in [2.45, 2.75) is 44.4 Å². The monoisotopic (exact) mass is 468 g/mol. The number of rotatable bonds is 6. The van der Waals surface area contributed by atoms with Gasteiger partial charge in [-0.15, -0.1) is 0 Å². The van der Waals surface area contributed by atoms with Crippen molar-refractivity contribution < 1.29 is 17.6 Å². The predicted molar refractivity (Wildman–Crippen MR) is 127 cm³/mol. The lowest BCUT2D eigenvalue weighted by Crippen LogP contribution is -2.30. The number of sulfone groups is 1. The van der Waals surface area contributed by atoms with Crippen molar-refractivity contribution in [1.82, 2.24) is 4.98 Å². The van der Waals surface area contributed by atoms with Gasteiger partial charge in [0.15, 0.2) is 15.0 Å². The minimum Gasteiger partial charge on any atom is -0.467 e. The SMILES string of the molecule is Cc1ccc2sc(N(Cc3ccco3)C(=O)c3cccc(S(=O)(=O)C(C)C)c3)nc2c1C. The maximum atomic E-state index is 13.6. The van der Waals surface area contributed by atoms with Gasteiger partial charge >= 0.3 is 0 Å². The quantitative estimate of drug-likeness (QED) is 0.371. The third-order valence-electron chi connectivity index (χ3n) is 5.47. The maximum Gasteiger partial charge on any atom is 0.260 e. The predicted octanol–water partition coefficient (Wildman–Crippen LogP) is 5.54. The summed E-state index contributed by atoms with van der Waals surface area (Å²) in [4.78, 5) is 20.0. The maximum absolute atomic E-state index is 13.6. The van der Waals surface area contributed by atoms with E-state index >= 15 is 0 Å². The van der Waals surface area contributed by atoms with E-state index in [1.54, 1.807) is 49.3 Å². The molecular weight excluding hydrogens is 444 g/mol. The molecule has 0 aliphatic carbocycles. The van der Waals surface area contributed by atoms with Crippen LogP contribution in [0.3, 0.4) is 0 Å². The average molecular weight is 469 g/mol. The Bertz CT molecular complexity index is 1390. The van der Waals surface area contributed by atoms with Crippen molar-refractivity contribution in [1.29, 1.82) is 0 Å². The highest BCUT2D eigenvalue weighted by Gasteiger charge is 2.26. The molecule has 32 heavy (non-hydrogen) atoms. The molecule has 2 aromatic carbocycles. The molecule has 2 aromatic heterocycles. The van der Waals surface area contributed by atoms with Crippen LogP contribution < -0.4 is 4.90 Å². The minimum absolute atomic E-state index is 0.132. The molecule has 1 amide bonds. The molecule has 0 unspecified atom stereocenters. The first-order chi connectivity index (χ1) is 15.2. The average Bonchev–Trinajstić information content (AvgIpc) is 3.44. The largest absolute Gasteiger partial charge is 0.467 e. The van der Waals surface area contributed by atoms with Crippen molar-refractivity contribution in [3.8, 4) is 0 Å². The lowest BCUT2D eigenvalue weighted by Gasteiger charge is -2.19. The van der Waals surface area contributed by atoms with Gasteiger partial charge in [0.05, 0.1) is 33.2 Å². The van der Waals surface area contributed by atoms with Crippen molar-refractivity contribution in [3.05, 3.63) is 77.2 Å². The molecule has 166 valence electrons. The van der Waals surface area contributed by atoms with Gasteiger partial charge in [0.1, 0.15) is 5.76 Å². The molecule has 0 radical (unpaired) electrons. The highest BCUT2D eigenvalue weighted by Crippen LogP contribution is 2.33. The summed E-state index contributed by atoms with van der Waals surface area (Å²) < 4.78 is 31.7. The smallest absolute Gasteiger partial charge is 0.260 e. The van der Waals surface area contributed by atoms with Crippen LogP contribution in [-0.2, 0) is 16.4 Å². The Morgan fingerprint density at radius 2 is 1.91 bits per heavy atom. The molecule has 0 fully saturated rings. The number of aryl methyl sites for hydroxylation is 2. The van der Waals surface area contributed by atoms with Crippen molar-refractivity contribution in [3.63, 3.8) is 0 Å². The van der Waals surface area contributed by atoms with Gasteiger partial charge in [-0.1, -0.05) is 23.5 Å². The molecule has 2 heterocycles. The minimum atomic E-state index is -3.51. The van der Waals surface area contributed by atoms with Gasteiger partial charge in [-0.25, -0.2) is 13.4 Å². The number of aromatic nitrogens is 1. The van der Waals surface area contributed by atoms with Crippen LogP contribution in [0.1, 0.15) is 41.1 Å². The topological polar surface area (TPSA) is 80.5 Å². The van der Waals surface area contributed by atoms with E-state index in [-0.39, 0.29) is 22.9 Å². The number of furan rings is 1. The number of nitrogens with zero attached hydrogens (tertiary/aromatic N) is 2. The summed E-state index contributed by atoms with van der Waals surface area (Å²) in [6, 6.07) is 13.8. The Hall–Kier alpha value is -2.97. The number of anilines is 1. The lowest BCUT2D eigenvalue weighted by molar-refractivity contribution is 0.0983. The molecule has 8 heteroatoms. The van der Waals surface area contributed by atoms with Crippen LogP contribution in [0.25, 0.3) is 10.2 Å². The zero-order chi connectivity index (χ0) is 23.0. The fourth-order valence-corrected chi connectivity index (χ4v) is 5.48. The number of carbonyl (C=O) groups excluding carboxylic acids is 1. The molecule has 0 saturated heterocycles. The molecular formula is C24H24N2O4S2. The number of thiazole rings is 1. The molecule has 0 bridgehead atoms. The van der Waals surface area contributed by atoms with Crippen LogP contribution in [0.15, 0.2) is 64.1 Å². The summed E-state index contributed by atoms with van der Waals surface area (Å²) in [5.74, 6) is 0.270. The second-order valence-corrected chi connectivity index (χ2v) is 11.5. The molecule has 4 aromatic rings. The summed E-state index contributed by atoms with van der Waals surface area (Å²) in [6.45, 7) is 7.47. The molecule has 0 aliphatic heterocycles. The summed E-state index contributed by atoms with van der Waals surface area (Å²) in [5.41, 5.74) is 3.34. The van der Waals surface area contributed by atoms with E-state index < -0.39 is 15.1 Å². The van der Waals surface area contributed by atoms with Gasteiger partial charge in [-0.05, 0) is 75.2 Å². The Morgan fingerprint density at radius 3 is 2.59 bits per heavy atom. The van der Waals surface area contributed by atoms with Crippen LogP contribution in [0.4, 0.5) is 5.13 Å². The zero-order valence-electron chi connectivity index (χ0n) is 18.3. The van der Waals surface area contributed by atoms with Gasteiger partial charge in [-0.3, -0.25) is 9.69 Å². The Morgan fingerprint density at radius 1 is 1.12 bits per heavy atom. The van der Waals surface area contributed by atoms with Gasteiger partial charge in [0.25, 0.3) is 5.91 Å². The molecule has 0 spiro atoms. The van der Waals surface area contributed by atoms with E-state index in [9.17, 15) is 13.2 Å². The molecule has 0 N–H and O–H groups in total. The summed E-state index contributed by atoms with van der Waals surface area (Å²) >= 11 is 1.42. The molecule has 6 nitrogen and oxygen atoms in total. The first kappa shape index (κ1) is 22.2. The fraction of sp³-hybridized carbons (Fsp3) is 0.250. The molecule has 0 saturated carbocycles. The van der Waals surface area contributed by atoms with Crippen molar-refractivity contribution in [2.75, 3.05) is 4.90 Å². The van der Waals surface area contributed by atoms with Gasteiger partial charge < -0.3 is 4.42 Å². The van der Waals surface area contributed by atoms with Gasteiger partial charge in [-0.2, -0.15) is 0 Å². The Kier molecular flexibility index (Phi) is 5.92. The number of carbonyl (C=O) groups is 1. The van der Waals surface area contributed by atoms with Gasteiger partial charge in [0, 0.05) is 5.56 Å². The second-order valence-electron chi connectivity index (χ2n) is 7.94. The first-order valence-corrected chi connectivity index (χ1v) is 12.6. The standard InChI is InChI=1S/C24H24N2O4S2/c1-15(2)32(28,29)20-9-5-7-18(13-20)23(27)26(14-19-8-6-12-30-19)24-25-22-17(4)16(3)10-11-21(22)31-24/h5-13,15H,14H2,1-4H3. The molecule has 4 rings (SSSR count). The second kappa shape index (κ2) is 8.52. The highest BCUT2D eigenvalue weighted by atomic mass is 32.2. The van der Waals surface area contributed by atoms with E-state index in [1.807, 2.05) is 26.0 Å². The lowest BCUT2D eigenvalue weighted by atomic mass is 10.1. The van der Waals surface area contributed by atoms with Gasteiger partial charge in [0.2, 0.25) is 0 Å². The summed E-state index contributed by atoms with van der Waals surface area (Å²) in [7, 11) is -3.51. The number of hydrogen-bond acceptors (Lipinski definition) is 6. The van der Waals surface area contributed by atoms with Crippen LogP contribution in [-0.4, -0.2) is 24.6 Å². The highest BCUT2D eigenvalue weighted by molar-refractivity contribution is 7.92. The molecule has 0 atom stereocenters. The Labute approximate surface area is 191 Å². The van der Waals surface area contributed by atoms with Crippen LogP contribution >= 0.6 is 11.3 Å².